The molecular formula is C15H11N5O2S. The second-order valence-electron chi connectivity index (χ2n) is 4.72. The molecule has 0 amide bonds. The van der Waals surface area contributed by atoms with Crippen LogP contribution in [0.5, 0.6) is 0 Å². The van der Waals surface area contributed by atoms with Gasteiger partial charge in [0.1, 0.15) is 0 Å². The second kappa shape index (κ2) is 6.41. The first-order valence-corrected chi connectivity index (χ1v) is 7.13. The summed E-state index contributed by atoms with van der Waals surface area (Å²) in [6.45, 7) is 0. The molecule has 23 heavy (non-hydrogen) atoms. The molecule has 1 aliphatic heterocycles. The summed E-state index contributed by atoms with van der Waals surface area (Å²) < 4.78 is 0. The predicted molar refractivity (Wildman–Crippen MR) is 89.2 cm³/mol. The van der Waals surface area contributed by atoms with Crippen molar-refractivity contribution < 1.29 is 4.92 Å². The second-order valence-corrected chi connectivity index (χ2v) is 5.09. The van der Waals surface area contributed by atoms with E-state index >= 15 is 0 Å². The lowest BCUT2D eigenvalue weighted by Crippen LogP contribution is -2.21. The molecule has 0 aliphatic carbocycles. The summed E-state index contributed by atoms with van der Waals surface area (Å²) in [7, 11) is 0. The molecule has 7 nitrogen and oxygen atoms in total. The van der Waals surface area contributed by atoms with E-state index in [1.807, 2.05) is 30.3 Å². The molecule has 0 bridgehead atoms. The van der Waals surface area contributed by atoms with Gasteiger partial charge < -0.3 is 0 Å². The number of nitro groups is 1. The van der Waals surface area contributed by atoms with Gasteiger partial charge in [0.25, 0.3) is 5.69 Å². The quantitative estimate of drug-likeness (QED) is 0.371. The van der Waals surface area contributed by atoms with Crippen LogP contribution in [-0.4, -0.2) is 21.3 Å². The smallest absolute Gasteiger partial charge is 0.258 e. The highest BCUT2D eigenvalue weighted by Crippen LogP contribution is 2.28. The maximum atomic E-state index is 10.6. The van der Waals surface area contributed by atoms with Crippen molar-refractivity contribution in [1.82, 2.24) is 5.01 Å². The molecule has 114 valence electrons. The molecule has 2 aromatic carbocycles. The highest BCUT2D eigenvalue weighted by atomic mass is 32.1. The number of nitro benzene ring substituents is 1. The number of hydrazone groups is 1. The van der Waals surface area contributed by atoms with E-state index in [4.69, 9.17) is 12.2 Å². The lowest BCUT2D eigenvalue weighted by molar-refractivity contribution is -0.384. The van der Waals surface area contributed by atoms with E-state index in [-0.39, 0.29) is 10.8 Å². The fraction of sp³-hybridized carbons (Fsp3) is 0.0667. The van der Waals surface area contributed by atoms with Gasteiger partial charge in [-0.1, -0.05) is 30.3 Å². The van der Waals surface area contributed by atoms with Crippen LogP contribution < -0.4 is 0 Å². The standard InChI is InChI=1S/C15H11N5O2S/c21-20(22)13-8-6-11(7-9-13)10-16-19-14(17-18-15(19)23)12-4-2-1-3-5-12/h1-10,14H. The number of hydrogen-bond acceptors (Lipinski definition) is 5. The SMILES string of the molecule is O=[N+]([O-])c1ccc(C=NN2C(=S)N=NC2c2ccccc2)cc1. The van der Waals surface area contributed by atoms with Crippen LogP contribution in [0.1, 0.15) is 17.3 Å². The number of thiocarbonyl (C=S) groups is 1. The normalized spacial score (nSPS) is 17.1. The third kappa shape index (κ3) is 3.27. The van der Waals surface area contributed by atoms with Crippen molar-refractivity contribution in [3.05, 3.63) is 75.8 Å². The van der Waals surface area contributed by atoms with Crippen molar-refractivity contribution in [2.24, 2.45) is 15.3 Å². The number of nitrogens with zero attached hydrogens (tertiary/aromatic N) is 5. The van der Waals surface area contributed by atoms with Gasteiger partial charge in [0.05, 0.1) is 11.1 Å². The predicted octanol–water partition coefficient (Wildman–Crippen LogP) is 3.68. The van der Waals surface area contributed by atoms with Gasteiger partial charge in [-0.2, -0.15) is 10.2 Å². The Labute approximate surface area is 137 Å². The first kappa shape index (κ1) is 14.9. The van der Waals surface area contributed by atoms with E-state index < -0.39 is 11.1 Å². The highest BCUT2D eigenvalue weighted by molar-refractivity contribution is 7.80. The summed E-state index contributed by atoms with van der Waals surface area (Å²) in [4.78, 5) is 10.2. The van der Waals surface area contributed by atoms with Crippen molar-refractivity contribution in [1.29, 1.82) is 0 Å². The van der Waals surface area contributed by atoms with Crippen LogP contribution in [0.2, 0.25) is 0 Å². The minimum absolute atomic E-state index is 0.0333. The molecule has 0 saturated heterocycles. The van der Waals surface area contributed by atoms with Gasteiger partial charge in [-0.15, -0.1) is 5.11 Å². The lowest BCUT2D eigenvalue weighted by Gasteiger charge is -2.17. The number of azo groups is 1. The van der Waals surface area contributed by atoms with Crippen molar-refractivity contribution in [3.63, 3.8) is 0 Å². The Kier molecular flexibility index (Phi) is 4.15. The van der Waals surface area contributed by atoms with Crippen molar-refractivity contribution >= 4 is 29.2 Å². The maximum Gasteiger partial charge on any atom is 0.269 e. The third-order valence-corrected chi connectivity index (χ3v) is 3.48. The van der Waals surface area contributed by atoms with Gasteiger partial charge in [0.2, 0.25) is 5.11 Å². The molecule has 0 aromatic heterocycles. The zero-order chi connectivity index (χ0) is 16.2. The lowest BCUT2D eigenvalue weighted by atomic mass is 10.2. The maximum absolute atomic E-state index is 10.6. The van der Waals surface area contributed by atoms with Crippen LogP contribution in [0.4, 0.5) is 5.69 Å². The average Bonchev–Trinajstić information content (AvgIpc) is 2.95. The van der Waals surface area contributed by atoms with Gasteiger partial charge in [-0.25, -0.2) is 5.01 Å². The summed E-state index contributed by atoms with van der Waals surface area (Å²) >= 11 is 5.15. The molecule has 2 aromatic rings. The number of non-ortho nitro benzene ring substituents is 1. The summed E-state index contributed by atoms with van der Waals surface area (Å²) in [5.74, 6) is 0. The minimum Gasteiger partial charge on any atom is -0.258 e. The van der Waals surface area contributed by atoms with Gasteiger partial charge in [-0.3, -0.25) is 10.1 Å². The molecule has 1 atom stereocenters. The molecule has 0 N–H and O–H groups in total. The molecule has 0 radical (unpaired) electrons. The van der Waals surface area contributed by atoms with E-state index in [9.17, 15) is 10.1 Å². The van der Waals surface area contributed by atoms with Gasteiger partial charge in [0, 0.05) is 17.7 Å². The van der Waals surface area contributed by atoms with Crippen molar-refractivity contribution in [2.45, 2.75) is 6.17 Å². The molecule has 8 heteroatoms. The van der Waals surface area contributed by atoms with E-state index in [1.54, 1.807) is 18.3 Å². The minimum atomic E-state index is -0.445. The van der Waals surface area contributed by atoms with E-state index in [0.717, 1.165) is 11.1 Å². The molecule has 3 rings (SSSR count). The summed E-state index contributed by atoms with van der Waals surface area (Å²) in [5.41, 5.74) is 1.68. The molecule has 0 fully saturated rings. The van der Waals surface area contributed by atoms with Gasteiger partial charge in [0.15, 0.2) is 6.17 Å². The largest absolute Gasteiger partial charge is 0.269 e. The Morgan fingerprint density at radius 2 is 1.87 bits per heavy atom. The number of rotatable bonds is 4. The molecule has 1 aliphatic rings. The van der Waals surface area contributed by atoms with Crippen LogP contribution in [-0.2, 0) is 0 Å². The van der Waals surface area contributed by atoms with E-state index in [1.165, 1.54) is 17.1 Å². The zero-order valence-corrected chi connectivity index (χ0v) is 12.6. The Hall–Kier alpha value is -3.00. The molecular weight excluding hydrogens is 314 g/mol. The molecule has 1 heterocycles. The molecule has 0 saturated carbocycles. The third-order valence-electron chi connectivity index (χ3n) is 3.21. The Balaban J connectivity index is 1.80. The Morgan fingerprint density at radius 1 is 1.17 bits per heavy atom. The van der Waals surface area contributed by atoms with E-state index in [0.29, 0.717) is 0 Å². The van der Waals surface area contributed by atoms with Crippen LogP contribution in [0.3, 0.4) is 0 Å². The van der Waals surface area contributed by atoms with Gasteiger partial charge >= 0.3 is 0 Å². The molecule has 1 unspecified atom stereocenters. The Bertz CT molecular complexity index is 789. The fourth-order valence-electron chi connectivity index (χ4n) is 2.06. The van der Waals surface area contributed by atoms with Crippen LogP contribution in [0, 0.1) is 10.1 Å². The van der Waals surface area contributed by atoms with Crippen molar-refractivity contribution in [2.75, 3.05) is 0 Å². The summed E-state index contributed by atoms with van der Waals surface area (Å²) in [6, 6.07) is 15.7. The van der Waals surface area contributed by atoms with Crippen LogP contribution in [0.25, 0.3) is 0 Å². The van der Waals surface area contributed by atoms with Crippen LogP contribution >= 0.6 is 12.2 Å². The molecule has 0 spiro atoms. The highest BCUT2D eigenvalue weighted by Gasteiger charge is 2.27. The van der Waals surface area contributed by atoms with E-state index in [2.05, 4.69) is 15.3 Å². The number of hydrogen-bond donors (Lipinski definition) is 0. The first-order chi connectivity index (χ1) is 11.1. The number of benzene rings is 2. The zero-order valence-electron chi connectivity index (χ0n) is 11.8. The van der Waals surface area contributed by atoms with Crippen molar-refractivity contribution in [3.8, 4) is 0 Å². The Morgan fingerprint density at radius 3 is 2.52 bits per heavy atom. The van der Waals surface area contributed by atoms with Crippen LogP contribution in [0.15, 0.2) is 69.9 Å². The topological polar surface area (TPSA) is 83.5 Å². The fourth-order valence-corrected chi connectivity index (χ4v) is 2.25. The summed E-state index contributed by atoms with van der Waals surface area (Å²) in [6.07, 6.45) is 1.18. The summed E-state index contributed by atoms with van der Waals surface area (Å²) in [5, 5.41) is 24.8. The monoisotopic (exact) mass is 325 g/mol. The van der Waals surface area contributed by atoms with Gasteiger partial charge in [-0.05, 0) is 29.9 Å². The first-order valence-electron chi connectivity index (χ1n) is 6.72. The average molecular weight is 325 g/mol.